The summed E-state index contributed by atoms with van der Waals surface area (Å²) in [5.74, 6) is 5.35. The Hall–Kier alpha value is -1.10. The molecule has 0 fully saturated rings. The molecule has 0 aliphatic rings. The molecule has 0 saturated heterocycles. The molecule has 0 bridgehead atoms. The second-order valence-electron chi connectivity index (χ2n) is 4.29. The van der Waals surface area contributed by atoms with Gasteiger partial charge in [0.15, 0.2) is 0 Å². The molecule has 16 heavy (non-hydrogen) atoms. The van der Waals surface area contributed by atoms with E-state index in [1.54, 1.807) is 0 Å². The lowest BCUT2D eigenvalue weighted by atomic mass is 10.0. The second-order valence-corrected chi connectivity index (χ2v) is 4.29. The first-order valence-corrected chi connectivity index (χ1v) is 5.32. The average molecular weight is 224 g/mol. The van der Waals surface area contributed by atoms with Gasteiger partial charge in [0, 0.05) is 18.5 Å². The molecule has 0 radical (unpaired) electrons. The van der Waals surface area contributed by atoms with E-state index in [1.165, 1.54) is 0 Å². The molecule has 0 heterocycles. The fourth-order valence-electron chi connectivity index (χ4n) is 1.75. The molecule has 0 unspecified atom stereocenters. The van der Waals surface area contributed by atoms with E-state index in [2.05, 4.69) is 4.84 Å². The standard InChI is InChI=1S/C12H20N2O2/c1-9-6-10(4-5-16-13)12(15)11(7-9)8-14(2)3/h6-7,15H,4-5,8,13H2,1-3H3. The van der Waals surface area contributed by atoms with Gasteiger partial charge in [-0.3, -0.25) is 0 Å². The number of nitrogens with two attached hydrogens (primary N) is 1. The van der Waals surface area contributed by atoms with Crippen molar-refractivity contribution in [3.63, 3.8) is 0 Å². The number of phenols is 1. The van der Waals surface area contributed by atoms with Gasteiger partial charge in [-0.25, -0.2) is 5.90 Å². The topological polar surface area (TPSA) is 58.7 Å². The van der Waals surface area contributed by atoms with Crippen LogP contribution in [0.2, 0.25) is 0 Å². The molecular weight excluding hydrogens is 204 g/mol. The van der Waals surface area contributed by atoms with Crippen molar-refractivity contribution in [1.82, 2.24) is 4.90 Å². The minimum absolute atomic E-state index is 0.358. The average Bonchev–Trinajstić information content (AvgIpc) is 2.20. The van der Waals surface area contributed by atoms with Crippen molar-refractivity contribution in [2.24, 2.45) is 5.90 Å². The molecular formula is C12H20N2O2. The number of hydrogen-bond acceptors (Lipinski definition) is 4. The van der Waals surface area contributed by atoms with Crippen molar-refractivity contribution in [2.45, 2.75) is 19.9 Å². The summed E-state index contributed by atoms with van der Waals surface area (Å²) in [5.41, 5.74) is 2.97. The minimum atomic E-state index is 0.358. The highest BCUT2D eigenvalue weighted by atomic mass is 16.6. The molecule has 4 heteroatoms. The largest absolute Gasteiger partial charge is 0.507 e. The molecule has 0 aromatic heterocycles. The molecule has 90 valence electrons. The summed E-state index contributed by atoms with van der Waals surface area (Å²) >= 11 is 0. The van der Waals surface area contributed by atoms with Gasteiger partial charge < -0.3 is 14.8 Å². The third kappa shape index (κ3) is 3.48. The minimum Gasteiger partial charge on any atom is -0.507 e. The van der Waals surface area contributed by atoms with Crippen LogP contribution in [0.5, 0.6) is 5.75 Å². The number of rotatable bonds is 5. The van der Waals surface area contributed by atoms with Crippen molar-refractivity contribution in [1.29, 1.82) is 0 Å². The monoisotopic (exact) mass is 224 g/mol. The Morgan fingerprint density at radius 2 is 1.94 bits per heavy atom. The number of aryl methyl sites for hydroxylation is 1. The van der Waals surface area contributed by atoms with Gasteiger partial charge in [-0.05, 0) is 26.6 Å². The van der Waals surface area contributed by atoms with Crippen LogP contribution in [0.1, 0.15) is 16.7 Å². The lowest BCUT2D eigenvalue weighted by molar-refractivity contribution is 0.140. The molecule has 1 aromatic rings. The summed E-state index contributed by atoms with van der Waals surface area (Å²) in [7, 11) is 3.95. The Balaban J connectivity index is 2.95. The molecule has 3 N–H and O–H groups in total. The van der Waals surface area contributed by atoms with E-state index in [9.17, 15) is 5.11 Å². The Labute approximate surface area is 96.6 Å². The van der Waals surface area contributed by atoms with Crippen LogP contribution in [0.25, 0.3) is 0 Å². The number of benzene rings is 1. The van der Waals surface area contributed by atoms with E-state index < -0.39 is 0 Å². The fraction of sp³-hybridized carbons (Fsp3) is 0.500. The van der Waals surface area contributed by atoms with Crippen molar-refractivity contribution < 1.29 is 9.94 Å². The third-order valence-corrected chi connectivity index (χ3v) is 2.39. The Kier molecular flexibility index (Phi) is 4.73. The Morgan fingerprint density at radius 1 is 1.31 bits per heavy atom. The van der Waals surface area contributed by atoms with E-state index in [-0.39, 0.29) is 0 Å². The number of phenolic OH excluding ortho intramolecular Hbond substituents is 1. The summed E-state index contributed by atoms with van der Waals surface area (Å²) in [4.78, 5) is 6.57. The summed E-state index contributed by atoms with van der Waals surface area (Å²) in [5, 5.41) is 10.1. The maximum atomic E-state index is 10.1. The molecule has 0 aliphatic carbocycles. The van der Waals surface area contributed by atoms with Gasteiger partial charge in [0.25, 0.3) is 0 Å². The second kappa shape index (κ2) is 5.84. The van der Waals surface area contributed by atoms with Crippen LogP contribution in [-0.2, 0) is 17.8 Å². The number of nitrogens with zero attached hydrogens (tertiary/aromatic N) is 1. The fourth-order valence-corrected chi connectivity index (χ4v) is 1.75. The Bertz CT molecular complexity index is 351. The van der Waals surface area contributed by atoms with Gasteiger partial charge in [-0.2, -0.15) is 0 Å². The van der Waals surface area contributed by atoms with Crippen LogP contribution in [0.3, 0.4) is 0 Å². The van der Waals surface area contributed by atoms with Gasteiger partial charge in [0.05, 0.1) is 6.61 Å². The van der Waals surface area contributed by atoms with Gasteiger partial charge in [0.1, 0.15) is 5.75 Å². The van der Waals surface area contributed by atoms with E-state index in [0.717, 1.165) is 23.2 Å². The van der Waals surface area contributed by atoms with Crippen molar-refractivity contribution in [3.8, 4) is 5.75 Å². The van der Waals surface area contributed by atoms with Gasteiger partial charge in [0.2, 0.25) is 0 Å². The highest BCUT2D eigenvalue weighted by Gasteiger charge is 2.09. The van der Waals surface area contributed by atoms with E-state index >= 15 is 0 Å². The molecule has 0 atom stereocenters. The summed E-state index contributed by atoms with van der Waals surface area (Å²) in [6, 6.07) is 3.97. The lowest BCUT2D eigenvalue weighted by Gasteiger charge is -2.15. The lowest BCUT2D eigenvalue weighted by Crippen LogP contribution is -2.12. The summed E-state index contributed by atoms with van der Waals surface area (Å²) < 4.78 is 0. The summed E-state index contributed by atoms with van der Waals surface area (Å²) in [6.07, 6.45) is 0.629. The van der Waals surface area contributed by atoms with E-state index in [4.69, 9.17) is 5.90 Å². The van der Waals surface area contributed by atoms with Crippen LogP contribution < -0.4 is 5.90 Å². The SMILES string of the molecule is Cc1cc(CCON)c(O)c(CN(C)C)c1. The molecule has 0 spiro atoms. The highest BCUT2D eigenvalue weighted by Crippen LogP contribution is 2.25. The molecule has 1 aromatic carbocycles. The zero-order chi connectivity index (χ0) is 12.1. The van der Waals surface area contributed by atoms with Gasteiger partial charge >= 0.3 is 0 Å². The van der Waals surface area contributed by atoms with Gasteiger partial charge in [-0.15, -0.1) is 0 Å². The van der Waals surface area contributed by atoms with Gasteiger partial charge in [-0.1, -0.05) is 17.7 Å². The predicted octanol–water partition coefficient (Wildman–Crippen LogP) is 1.20. The zero-order valence-corrected chi connectivity index (χ0v) is 10.2. The quantitative estimate of drug-likeness (QED) is 0.738. The highest BCUT2D eigenvalue weighted by molar-refractivity contribution is 5.43. The van der Waals surface area contributed by atoms with Crippen molar-refractivity contribution >= 4 is 0 Å². The van der Waals surface area contributed by atoms with Crippen LogP contribution in [0, 0.1) is 6.92 Å². The normalized spacial score (nSPS) is 11.1. The maximum Gasteiger partial charge on any atom is 0.123 e. The maximum absolute atomic E-state index is 10.1. The number of aromatic hydroxyl groups is 1. The zero-order valence-electron chi connectivity index (χ0n) is 10.2. The first-order chi connectivity index (χ1) is 7.54. The molecule has 0 saturated carbocycles. The van der Waals surface area contributed by atoms with E-state index in [0.29, 0.717) is 18.8 Å². The predicted molar refractivity (Wildman–Crippen MR) is 64.1 cm³/mol. The van der Waals surface area contributed by atoms with E-state index in [1.807, 2.05) is 38.1 Å². The summed E-state index contributed by atoms with van der Waals surface area (Å²) in [6.45, 7) is 3.16. The smallest absolute Gasteiger partial charge is 0.123 e. The molecule has 1 rings (SSSR count). The number of hydrogen-bond donors (Lipinski definition) is 2. The molecule has 0 amide bonds. The van der Waals surface area contributed by atoms with Crippen molar-refractivity contribution in [3.05, 3.63) is 28.8 Å². The first-order valence-electron chi connectivity index (χ1n) is 5.32. The van der Waals surface area contributed by atoms with Crippen molar-refractivity contribution in [2.75, 3.05) is 20.7 Å². The Morgan fingerprint density at radius 3 is 2.50 bits per heavy atom. The first kappa shape index (κ1) is 13.0. The van der Waals surface area contributed by atoms with Crippen LogP contribution >= 0.6 is 0 Å². The molecule has 4 nitrogen and oxygen atoms in total. The van der Waals surface area contributed by atoms with Crippen LogP contribution in [0.15, 0.2) is 12.1 Å². The van der Waals surface area contributed by atoms with Crippen LogP contribution in [-0.4, -0.2) is 30.7 Å². The molecule has 0 aliphatic heterocycles. The van der Waals surface area contributed by atoms with Crippen LogP contribution in [0.4, 0.5) is 0 Å². The third-order valence-electron chi connectivity index (χ3n) is 2.39.